The molecule has 0 aromatic carbocycles. The summed E-state index contributed by atoms with van der Waals surface area (Å²) in [7, 11) is 1.71. The van der Waals surface area contributed by atoms with Crippen LogP contribution in [0.1, 0.15) is 46.0 Å². The molecular weight excluding hydrogens is 226 g/mol. The maximum absolute atomic E-state index is 5.90. The second-order valence-corrected chi connectivity index (χ2v) is 6.41. The summed E-state index contributed by atoms with van der Waals surface area (Å²) in [6.45, 7) is 7.90. The number of hydrogen-bond donors (Lipinski definition) is 1. The Morgan fingerprint density at radius 3 is 2.61 bits per heavy atom. The highest BCUT2D eigenvalue weighted by molar-refractivity contribution is 4.85. The second-order valence-electron chi connectivity index (χ2n) is 6.41. The van der Waals surface area contributed by atoms with E-state index >= 15 is 0 Å². The molecule has 0 bridgehead atoms. The van der Waals surface area contributed by atoms with Gasteiger partial charge in [0.05, 0.1) is 13.2 Å². The molecule has 0 aromatic rings. The topological polar surface area (TPSA) is 44.5 Å². The summed E-state index contributed by atoms with van der Waals surface area (Å²) in [5.41, 5.74) is 6.41. The maximum atomic E-state index is 5.90. The Bertz CT molecular complexity index is 219. The minimum absolute atomic E-state index is 0.507. The molecule has 3 nitrogen and oxygen atoms in total. The van der Waals surface area contributed by atoms with Crippen LogP contribution in [-0.4, -0.2) is 33.5 Å². The highest BCUT2D eigenvalue weighted by atomic mass is 16.5. The smallest absolute Gasteiger partial charge is 0.0700 e. The van der Waals surface area contributed by atoms with E-state index in [1.54, 1.807) is 7.11 Å². The lowest BCUT2D eigenvalue weighted by atomic mass is 9.66. The average Bonchev–Trinajstić information content (AvgIpc) is 2.33. The van der Waals surface area contributed by atoms with Crippen molar-refractivity contribution < 1.29 is 9.47 Å². The van der Waals surface area contributed by atoms with Crippen LogP contribution in [0.15, 0.2) is 0 Å². The van der Waals surface area contributed by atoms with Gasteiger partial charge in [0.25, 0.3) is 0 Å². The minimum Gasteiger partial charge on any atom is -0.382 e. The molecule has 1 saturated carbocycles. The highest BCUT2D eigenvalue weighted by Gasteiger charge is 2.33. The quantitative estimate of drug-likeness (QED) is 0.680. The molecular formula is C15H31NO2. The number of rotatable bonds is 8. The van der Waals surface area contributed by atoms with Crippen LogP contribution in [0.3, 0.4) is 0 Å². The third-order valence-electron chi connectivity index (χ3n) is 4.27. The van der Waals surface area contributed by atoms with Crippen LogP contribution in [0.5, 0.6) is 0 Å². The lowest BCUT2D eigenvalue weighted by Crippen LogP contribution is -2.34. The van der Waals surface area contributed by atoms with Gasteiger partial charge < -0.3 is 15.2 Å². The van der Waals surface area contributed by atoms with E-state index in [-0.39, 0.29) is 0 Å². The first-order chi connectivity index (χ1) is 8.59. The Labute approximate surface area is 112 Å². The van der Waals surface area contributed by atoms with Crippen LogP contribution in [-0.2, 0) is 9.47 Å². The van der Waals surface area contributed by atoms with Gasteiger partial charge in [-0.25, -0.2) is 0 Å². The van der Waals surface area contributed by atoms with Gasteiger partial charge in [-0.3, -0.25) is 0 Å². The third-order valence-corrected chi connectivity index (χ3v) is 4.27. The van der Waals surface area contributed by atoms with Crippen molar-refractivity contribution in [3.8, 4) is 0 Å². The van der Waals surface area contributed by atoms with Crippen molar-refractivity contribution in [2.24, 2.45) is 23.0 Å². The van der Waals surface area contributed by atoms with Crippen LogP contribution in [0.25, 0.3) is 0 Å². The Hall–Kier alpha value is -0.120. The molecule has 0 heterocycles. The molecule has 1 aliphatic rings. The standard InChI is InChI=1S/C15H31NO2/c1-15(2)7-6-14(12-16)13(11-15)5-4-8-18-10-9-17-3/h13-14H,4-12,16H2,1-3H3. The Morgan fingerprint density at radius 2 is 1.94 bits per heavy atom. The predicted octanol–water partition coefficient (Wildman–Crippen LogP) is 2.83. The molecule has 3 heteroatoms. The van der Waals surface area contributed by atoms with Crippen LogP contribution in [0.2, 0.25) is 0 Å². The molecule has 0 amide bonds. The molecule has 1 fully saturated rings. The molecule has 1 aliphatic carbocycles. The van der Waals surface area contributed by atoms with E-state index in [1.165, 1.54) is 25.7 Å². The van der Waals surface area contributed by atoms with E-state index < -0.39 is 0 Å². The van der Waals surface area contributed by atoms with Gasteiger partial charge in [-0.15, -0.1) is 0 Å². The van der Waals surface area contributed by atoms with E-state index in [0.717, 1.165) is 31.4 Å². The van der Waals surface area contributed by atoms with Crippen LogP contribution in [0, 0.1) is 17.3 Å². The Kier molecular flexibility index (Phi) is 7.20. The van der Waals surface area contributed by atoms with E-state index in [9.17, 15) is 0 Å². The van der Waals surface area contributed by atoms with Crippen molar-refractivity contribution in [2.75, 3.05) is 33.5 Å². The van der Waals surface area contributed by atoms with Gasteiger partial charge in [0.1, 0.15) is 0 Å². The maximum Gasteiger partial charge on any atom is 0.0700 e. The van der Waals surface area contributed by atoms with Gasteiger partial charge in [0.15, 0.2) is 0 Å². The first-order valence-corrected chi connectivity index (χ1v) is 7.36. The number of hydrogen-bond acceptors (Lipinski definition) is 3. The normalized spacial score (nSPS) is 27.3. The number of ether oxygens (including phenoxy) is 2. The zero-order valence-electron chi connectivity index (χ0n) is 12.4. The molecule has 18 heavy (non-hydrogen) atoms. The SMILES string of the molecule is COCCOCCCC1CC(C)(C)CCC1CN. The van der Waals surface area contributed by atoms with Crippen LogP contribution in [0.4, 0.5) is 0 Å². The summed E-state index contributed by atoms with van der Waals surface area (Å²) in [6.07, 6.45) is 6.38. The van der Waals surface area contributed by atoms with Gasteiger partial charge in [-0.1, -0.05) is 13.8 Å². The summed E-state index contributed by atoms with van der Waals surface area (Å²) in [4.78, 5) is 0. The van der Waals surface area contributed by atoms with Gasteiger partial charge >= 0.3 is 0 Å². The monoisotopic (exact) mass is 257 g/mol. The fraction of sp³-hybridized carbons (Fsp3) is 1.00. The Balaban J connectivity index is 2.20. The van der Waals surface area contributed by atoms with Crippen molar-refractivity contribution in [3.63, 3.8) is 0 Å². The van der Waals surface area contributed by atoms with Gasteiger partial charge in [0, 0.05) is 13.7 Å². The molecule has 2 unspecified atom stereocenters. The molecule has 0 spiro atoms. The summed E-state index contributed by atoms with van der Waals surface area (Å²) in [5.74, 6) is 1.53. The fourth-order valence-electron chi connectivity index (χ4n) is 3.13. The van der Waals surface area contributed by atoms with E-state index in [2.05, 4.69) is 13.8 Å². The summed E-state index contributed by atoms with van der Waals surface area (Å²) < 4.78 is 10.5. The number of nitrogens with two attached hydrogens (primary N) is 1. The molecule has 108 valence electrons. The highest BCUT2D eigenvalue weighted by Crippen LogP contribution is 2.43. The predicted molar refractivity (Wildman–Crippen MR) is 75.6 cm³/mol. The van der Waals surface area contributed by atoms with Crippen LogP contribution < -0.4 is 5.73 Å². The number of methoxy groups -OCH3 is 1. The molecule has 0 aromatic heterocycles. The third kappa shape index (κ3) is 5.68. The zero-order valence-corrected chi connectivity index (χ0v) is 12.4. The average molecular weight is 257 g/mol. The van der Waals surface area contributed by atoms with Crippen molar-refractivity contribution in [2.45, 2.75) is 46.0 Å². The molecule has 0 saturated heterocycles. The molecule has 2 N–H and O–H groups in total. The molecule has 1 rings (SSSR count). The van der Waals surface area contributed by atoms with Gasteiger partial charge in [0.2, 0.25) is 0 Å². The Morgan fingerprint density at radius 1 is 1.17 bits per heavy atom. The zero-order chi connectivity index (χ0) is 13.4. The van der Waals surface area contributed by atoms with Gasteiger partial charge in [-0.2, -0.15) is 0 Å². The van der Waals surface area contributed by atoms with Gasteiger partial charge in [-0.05, 0) is 55.9 Å². The summed E-state index contributed by atoms with van der Waals surface area (Å²) in [6, 6.07) is 0. The van der Waals surface area contributed by atoms with Crippen molar-refractivity contribution in [1.82, 2.24) is 0 Å². The molecule has 0 radical (unpaired) electrons. The largest absolute Gasteiger partial charge is 0.382 e. The second kappa shape index (κ2) is 8.13. The van der Waals surface area contributed by atoms with Crippen molar-refractivity contribution in [1.29, 1.82) is 0 Å². The van der Waals surface area contributed by atoms with E-state index in [0.29, 0.717) is 18.6 Å². The first-order valence-electron chi connectivity index (χ1n) is 7.36. The lowest BCUT2D eigenvalue weighted by molar-refractivity contribution is 0.0590. The van der Waals surface area contributed by atoms with E-state index in [1.807, 2.05) is 0 Å². The van der Waals surface area contributed by atoms with Crippen molar-refractivity contribution in [3.05, 3.63) is 0 Å². The summed E-state index contributed by atoms with van der Waals surface area (Å²) in [5, 5.41) is 0. The summed E-state index contributed by atoms with van der Waals surface area (Å²) >= 11 is 0. The molecule has 0 aliphatic heterocycles. The first kappa shape index (κ1) is 15.9. The van der Waals surface area contributed by atoms with Crippen molar-refractivity contribution >= 4 is 0 Å². The lowest BCUT2D eigenvalue weighted by Gasteiger charge is -2.40. The molecule has 2 atom stereocenters. The van der Waals surface area contributed by atoms with E-state index in [4.69, 9.17) is 15.2 Å². The minimum atomic E-state index is 0.507. The fourth-order valence-corrected chi connectivity index (χ4v) is 3.13. The van der Waals surface area contributed by atoms with Crippen LogP contribution >= 0.6 is 0 Å².